The number of pyridine rings is 1. The van der Waals surface area contributed by atoms with Crippen LogP contribution in [0.2, 0.25) is 0 Å². The van der Waals surface area contributed by atoms with Crippen molar-refractivity contribution in [2.45, 2.75) is 37.7 Å². The van der Waals surface area contributed by atoms with E-state index >= 15 is 0 Å². The third-order valence-corrected chi connectivity index (χ3v) is 3.20. The fraction of sp³-hybridized carbons (Fsp3) is 0.500. The number of nitrogens with zero attached hydrogens (tertiary/aromatic N) is 2. The number of aromatic nitrogens is 1. The molecule has 1 saturated carbocycles. The van der Waals surface area contributed by atoms with Crippen LogP contribution in [0.15, 0.2) is 24.4 Å². The Balaban J connectivity index is 1.92. The van der Waals surface area contributed by atoms with Crippen LogP contribution in [0.3, 0.4) is 0 Å². The topological polar surface area (TPSA) is 63.0 Å². The van der Waals surface area contributed by atoms with Gasteiger partial charge in [-0.1, -0.05) is 18.9 Å². The van der Waals surface area contributed by atoms with Gasteiger partial charge in [-0.3, -0.25) is 9.78 Å². The van der Waals surface area contributed by atoms with Gasteiger partial charge in [0.1, 0.15) is 12.5 Å². The molecule has 0 bridgehead atoms. The first-order valence-electron chi connectivity index (χ1n) is 6.26. The first-order valence-corrected chi connectivity index (χ1v) is 6.26. The van der Waals surface area contributed by atoms with Crippen molar-refractivity contribution >= 4 is 5.78 Å². The van der Waals surface area contributed by atoms with Gasteiger partial charge in [0.2, 0.25) is 0 Å². The Hall–Kier alpha value is -1.73. The van der Waals surface area contributed by atoms with Gasteiger partial charge in [0.15, 0.2) is 5.78 Å². The summed E-state index contributed by atoms with van der Waals surface area (Å²) in [5.74, 6) is -1.02. The summed E-state index contributed by atoms with van der Waals surface area (Å²) >= 11 is 0. The fourth-order valence-electron chi connectivity index (χ4n) is 2.19. The Morgan fingerprint density at radius 3 is 2.89 bits per heavy atom. The van der Waals surface area contributed by atoms with E-state index in [0.29, 0.717) is 5.69 Å². The van der Waals surface area contributed by atoms with Crippen molar-refractivity contribution in [2.24, 2.45) is 0 Å². The largest absolute Gasteiger partial charge is 0.370 e. The van der Waals surface area contributed by atoms with E-state index in [0.717, 1.165) is 12.8 Å². The molecule has 4 heteroatoms. The normalized spacial score (nSPS) is 17.3. The van der Waals surface area contributed by atoms with Crippen molar-refractivity contribution in [2.75, 3.05) is 6.61 Å². The molecule has 1 aliphatic rings. The summed E-state index contributed by atoms with van der Waals surface area (Å²) in [6.45, 7) is 0.0134. The predicted octanol–water partition coefficient (Wildman–Crippen LogP) is 2.22. The van der Waals surface area contributed by atoms with Crippen molar-refractivity contribution in [1.82, 2.24) is 4.98 Å². The minimum atomic E-state index is -0.812. The lowest BCUT2D eigenvalue weighted by Gasteiger charge is -2.12. The minimum absolute atomic E-state index is 0.0134. The molecule has 1 aromatic rings. The van der Waals surface area contributed by atoms with Crippen molar-refractivity contribution in [1.29, 1.82) is 5.26 Å². The van der Waals surface area contributed by atoms with E-state index in [1.165, 1.54) is 12.8 Å². The van der Waals surface area contributed by atoms with Crippen LogP contribution in [-0.4, -0.2) is 23.5 Å². The lowest BCUT2D eigenvalue weighted by atomic mass is 10.0. The Morgan fingerprint density at radius 2 is 2.28 bits per heavy atom. The van der Waals surface area contributed by atoms with Crippen LogP contribution in [0.5, 0.6) is 0 Å². The molecule has 0 aromatic carbocycles. The lowest BCUT2D eigenvalue weighted by Crippen LogP contribution is -2.21. The molecule has 0 aliphatic heterocycles. The number of nitriles is 1. The second-order valence-electron chi connectivity index (χ2n) is 4.50. The number of hydrogen-bond acceptors (Lipinski definition) is 4. The van der Waals surface area contributed by atoms with Crippen LogP contribution in [0.4, 0.5) is 0 Å². The van der Waals surface area contributed by atoms with E-state index in [1.54, 1.807) is 24.4 Å². The molecule has 1 unspecified atom stereocenters. The van der Waals surface area contributed by atoms with Gasteiger partial charge in [0, 0.05) is 6.20 Å². The third-order valence-electron chi connectivity index (χ3n) is 3.20. The van der Waals surface area contributed by atoms with Gasteiger partial charge in [-0.15, -0.1) is 0 Å². The maximum absolute atomic E-state index is 11.9. The van der Waals surface area contributed by atoms with E-state index in [4.69, 9.17) is 10.00 Å². The van der Waals surface area contributed by atoms with Gasteiger partial charge in [-0.05, 0) is 25.0 Å². The zero-order valence-electron chi connectivity index (χ0n) is 10.2. The number of ketones is 1. The summed E-state index contributed by atoms with van der Waals surface area (Å²) in [6.07, 6.45) is 6.16. The highest BCUT2D eigenvalue weighted by Crippen LogP contribution is 2.21. The molecule has 0 spiro atoms. The Labute approximate surface area is 107 Å². The monoisotopic (exact) mass is 244 g/mol. The van der Waals surface area contributed by atoms with E-state index < -0.39 is 5.92 Å². The first-order chi connectivity index (χ1) is 8.81. The molecule has 4 nitrogen and oxygen atoms in total. The average molecular weight is 244 g/mol. The maximum Gasteiger partial charge on any atom is 0.181 e. The first kappa shape index (κ1) is 12.7. The van der Waals surface area contributed by atoms with E-state index in [1.807, 2.05) is 6.07 Å². The second-order valence-corrected chi connectivity index (χ2v) is 4.50. The Morgan fingerprint density at radius 1 is 1.50 bits per heavy atom. The molecule has 1 aromatic heterocycles. The molecule has 0 N–H and O–H groups in total. The summed E-state index contributed by atoms with van der Waals surface area (Å²) in [7, 11) is 0. The summed E-state index contributed by atoms with van der Waals surface area (Å²) in [6, 6.07) is 7.23. The SMILES string of the molecule is N#CC(C(=O)COC1CCCC1)c1ccccn1. The molecule has 1 atom stereocenters. The van der Waals surface area contributed by atoms with Crippen LogP contribution in [0.25, 0.3) is 0 Å². The van der Waals surface area contributed by atoms with Crippen molar-refractivity contribution < 1.29 is 9.53 Å². The van der Waals surface area contributed by atoms with Gasteiger partial charge >= 0.3 is 0 Å². The molecular formula is C14H16N2O2. The molecule has 1 heterocycles. The van der Waals surface area contributed by atoms with Gasteiger partial charge in [-0.2, -0.15) is 5.26 Å². The average Bonchev–Trinajstić information content (AvgIpc) is 2.92. The predicted molar refractivity (Wildman–Crippen MR) is 65.8 cm³/mol. The number of ether oxygens (including phenoxy) is 1. The standard InChI is InChI=1S/C14H16N2O2/c15-9-12(13-7-3-4-8-16-13)14(17)10-18-11-5-1-2-6-11/h3-4,7-8,11-12H,1-2,5-6,10H2. The minimum Gasteiger partial charge on any atom is -0.370 e. The van der Waals surface area contributed by atoms with Gasteiger partial charge < -0.3 is 4.74 Å². The van der Waals surface area contributed by atoms with Gasteiger partial charge in [0.25, 0.3) is 0 Å². The number of carbonyl (C=O) groups is 1. The molecule has 94 valence electrons. The molecule has 0 amide bonds. The van der Waals surface area contributed by atoms with Crippen molar-refractivity contribution in [3.8, 4) is 6.07 Å². The smallest absolute Gasteiger partial charge is 0.181 e. The summed E-state index contributed by atoms with van der Waals surface area (Å²) in [4.78, 5) is 16.0. The Kier molecular flexibility index (Phi) is 4.43. The van der Waals surface area contributed by atoms with Crippen LogP contribution >= 0.6 is 0 Å². The van der Waals surface area contributed by atoms with Crippen LogP contribution in [0.1, 0.15) is 37.3 Å². The van der Waals surface area contributed by atoms with E-state index in [-0.39, 0.29) is 18.5 Å². The van der Waals surface area contributed by atoms with Crippen LogP contribution < -0.4 is 0 Å². The lowest BCUT2D eigenvalue weighted by molar-refractivity contribution is -0.125. The quantitative estimate of drug-likeness (QED) is 0.796. The molecular weight excluding hydrogens is 228 g/mol. The zero-order chi connectivity index (χ0) is 12.8. The number of rotatable bonds is 5. The highest BCUT2D eigenvalue weighted by molar-refractivity contribution is 5.89. The van der Waals surface area contributed by atoms with Gasteiger partial charge in [-0.25, -0.2) is 0 Å². The van der Waals surface area contributed by atoms with Crippen molar-refractivity contribution in [3.63, 3.8) is 0 Å². The molecule has 1 aliphatic carbocycles. The van der Waals surface area contributed by atoms with Crippen molar-refractivity contribution in [3.05, 3.63) is 30.1 Å². The molecule has 18 heavy (non-hydrogen) atoms. The van der Waals surface area contributed by atoms with Crippen LogP contribution in [0, 0.1) is 11.3 Å². The molecule has 1 fully saturated rings. The number of carbonyl (C=O) groups excluding carboxylic acids is 1. The summed E-state index contributed by atoms with van der Waals surface area (Å²) in [5.41, 5.74) is 0.500. The molecule has 2 rings (SSSR count). The highest BCUT2D eigenvalue weighted by atomic mass is 16.5. The fourth-order valence-corrected chi connectivity index (χ4v) is 2.19. The van der Waals surface area contributed by atoms with E-state index in [2.05, 4.69) is 4.98 Å². The number of hydrogen-bond donors (Lipinski definition) is 0. The molecule has 0 radical (unpaired) electrons. The third kappa shape index (κ3) is 3.14. The Bertz CT molecular complexity index is 433. The van der Waals surface area contributed by atoms with Gasteiger partial charge in [0.05, 0.1) is 17.9 Å². The van der Waals surface area contributed by atoms with Crippen LogP contribution in [-0.2, 0) is 9.53 Å². The van der Waals surface area contributed by atoms with E-state index in [9.17, 15) is 4.79 Å². The second kappa shape index (κ2) is 6.27. The summed E-state index contributed by atoms with van der Waals surface area (Å²) < 4.78 is 5.54. The molecule has 0 saturated heterocycles. The summed E-state index contributed by atoms with van der Waals surface area (Å²) in [5, 5.41) is 9.08. The maximum atomic E-state index is 11.9. The number of Topliss-reactive ketones (excluding diaryl/α,β-unsaturated/α-hetero) is 1. The zero-order valence-corrected chi connectivity index (χ0v) is 10.2. The highest BCUT2D eigenvalue weighted by Gasteiger charge is 2.23.